The highest BCUT2D eigenvalue weighted by Crippen LogP contribution is 2.12. The summed E-state index contributed by atoms with van der Waals surface area (Å²) >= 11 is 0. The molecule has 0 aliphatic carbocycles. The van der Waals surface area contributed by atoms with Gasteiger partial charge in [-0.1, -0.05) is 42.7 Å². The van der Waals surface area contributed by atoms with Gasteiger partial charge in [-0.2, -0.15) is 0 Å². The molecule has 0 aromatic heterocycles. The second-order valence-electron chi connectivity index (χ2n) is 5.28. The van der Waals surface area contributed by atoms with Crippen LogP contribution in [0.25, 0.3) is 0 Å². The third kappa shape index (κ3) is 3.86. The van der Waals surface area contributed by atoms with Crippen molar-refractivity contribution in [3.63, 3.8) is 0 Å². The lowest BCUT2D eigenvalue weighted by Gasteiger charge is -2.20. The van der Waals surface area contributed by atoms with Gasteiger partial charge in [0, 0.05) is 19.5 Å². The minimum atomic E-state index is 0.331. The first-order valence-corrected chi connectivity index (χ1v) is 7.09. The van der Waals surface area contributed by atoms with E-state index in [1.165, 1.54) is 36.8 Å². The number of amides is 1. The lowest BCUT2D eigenvalue weighted by atomic mass is 10.1. The number of rotatable bonds is 3. The van der Waals surface area contributed by atoms with Gasteiger partial charge >= 0.3 is 0 Å². The molecule has 2 nitrogen and oxygen atoms in total. The van der Waals surface area contributed by atoms with Gasteiger partial charge in [0.1, 0.15) is 0 Å². The smallest absolute Gasteiger partial charge is 0.222 e. The van der Waals surface area contributed by atoms with Crippen molar-refractivity contribution < 1.29 is 4.79 Å². The molecule has 1 heterocycles. The largest absolute Gasteiger partial charge is 0.343 e. The Morgan fingerprint density at radius 3 is 2.28 bits per heavy atom. The van der Waals surface area contributed by atoms with Gasteiger partial charge in [-0.25, -0.2) is 0 Å². The summed E-state index contributed by atoms with van der Waals surface area (Å²) < 4.78 is 0. The topological polar surface area (TPSA) is 20.3 Å². The van der Waals surface area contributed by atoms with Crippen LogP contribution >= 0.6 is 0 Å². The van der Waals surface area contributed by atoms with E-state index in [-0.39, 0.29) is 0 Å². The van der Waals surface area contributed by atoms with Gasteiger partial charge in [-0.15, -0.1) is 0 Å². The first-order valence-electron chi connectivity index (χ1n) is 7.09. The van der Waals surface area contributed by atoms with Gasteiger partial charge in [0.25, 0.3) is 0 Å². The Hall–Kier alpha value is -1.31. The normalized spacial score (nSPS) is 16.4. The average Bonchev–Trinajstić information content (AvgIpc) is 2.66. The molecule has 2 heteroatoms. The second kappa shape index (κ2) is 6.58. The molecule has 0 atom stereocenters. The van der Waals surface area contributed by atoms with Crippen LogP contribution < -0.4 is 0 Å². The van der Waals surface area contributed by atoms with Gasteiger partial charge in [-0.05, 0) is 31.7 Å². The zero-order chi connectivity index (χ0) is 12.8. The zero-order valence-corrected chi connectivity index (χ0v) is 11.3. The Bertz CT molecular complexity index is 375. The second-order valence-corrected chi connectivity index (χ2v) is 5.28. The van der Waals surface area contributed by atoms with Crippen molar-refractivity contribution in [3.8, 4) is 0 Å². The number of carbonyl (C=O) groups excluding carboxylic acids is 1. The molecule has 98 valence electrons. The van der Waals surface area contributed by atoms with Crippen molar-refractivity contribution in [1.82, 2.24) is 4.90 Å². The molecule has 1 aliphatic rings. The van der Waals surface area contributed by atoms with Crippen LogP contribution in [0.3, 0.4) is 0 Å². The highest BCUT2D eigenvalue weighted by atomic mass is 16.2. The molecule has 0 saturated carbocycles. The maximum Gasteiger partial charge on any atom is 0.222 e. The minimum absolute atomic E-state index is 0.331. The third-order valence-electron chi connectivity index (χ3n) is 3.71. The van der Waals surface area contributed by atoms with Gasteiger partial charge in [0.05, 0.1) is 0 Å². The summed E-state index contributed by atoms with van der Waals surface area (Å²) in [5.41, 5.74) is 2.54. The van der Waals surface area contributed by atoms with E-state index < -0.39 is 0 Å². The zero-order valence-electron chi connectivity index (χ0n) is 11.3. The molecular formula is C16H23NO. The number of hydrogen-bond acceptors (Lipinski definition) is 1. The molecule has 0 unspecified atom stereocenters. The van der Waals surface area contributed by atoms with Crippen molar-refractivity contribution in [2.24, 2.45) is 0 Å². The number of hydrogen-bond donors (Lipinski definition) is 0. The van der Waals surface area contributed by atoms with E-state index in [0.717, 1.165) is 19.5 Å². The van der Waals surface area contributed by atoms with Crippen molar-refractivity contribution in [1.29, 1.82) is 0 Å². The molecule has 1 fully saturated rings. The Morgan fingerprint density at radius 1 is 1.06 bits per heavy atom. The Labute approximate surface area is 110 Å². The van der Waals surface area contributed by atoms with E-state index in [2.05, 4.69) is 36.1 Å². The summed E-state index contributed by atoms with van der Waals surface area (Å²) in [7, 11) is 0. The molecule has 1 aromatic rings. The fraction of sp³-hybridized carbons (Fsp3) is 0.562. The predicted octanol–water partition coefficient (Wildman–Crippen LogP) is 3.33. The van der Waals surface area contributed by atoms with Crippen LogP contribution in [-0.2, 0) is 11.2 Å². The lowest BCUT2D eigenvalue weighted by molar-refractivity contribution is -0.131. The fourth-order valence-electron chi connectivity index (χ4n) is 2.48. The van der Waals surface area contributed by atoms with Gasteiger partial charge < -0.3 is 4.90 Å². The molecule has 2 rings (SSSR count). The summed E-state index contributed by atoms with van der Waals surface area (Å²) in [6, 6.07) is 8.49. The van der Waals surface area contributed by atoms with Crippen LogP contribution in [0.4, 0.5) is 0 Å². The summed E-state index contributed by atoms with van der Waals surface area (Å²) in [4.78, 5) is 14.2. The van der Waals surface area contributed by atoms with Crippen molar-refractivity contribution in [2.75, 3.05) is 13.1 Å². The molecular weight excluding hydrogens is 222 g/mol. The molecule has 0 bridgehead atoms. The number of aryl methyl sites for hydroxylation is 2. The molecule has 1 saturated heterocycles. The maximum absolute atomic E-state index is 12.1. The standard InChI is InChI=1S/C16H23NO/c1-14-6-8-15(9-7-14)10-11-16(18)17-12-4-2-3-5-13-17/h6-9H,2-5,10-13H2,1H3. The van der Waals surface area contributed by atoms with Crippen molar-refractivity contribution in [2.45, 2.75) is 45.4 Å². The van der Waals surface area contributed by atoms with Crippen molar-refractivity contribution in [3.05, 3.63) is 35.4 Å². The SMILES string of the molecule is Cc1ccc(CCC(=O)N2CCCCCC2)cc1. The third-order valence-corrected chi connectivity index (χ3v) is 3.71. The molecule has 0 N–H and O–H groups in total. The molecule has 0 spiro atoms. The van der Waals surface area contributed by atoms with Crippen LogP contribution in [0.1, 0.15) is 43.2 Å². The fourth-order valence-corrected chi connectivity index (χ4v) is 2.48. The first-order chi connectivity index (χ1) is 8.75. The van der Waals surface area contributed by atoms with Crippen LogP contribution in [0.15, 0.2) is 24.3 Å². The Kier molecular flexibility index (Phi) is 4.80. The van der Waals surface area contributed by atoms with Crippen LogP contribution in [-0.4, -0.2) is 23.9 Å². The van der Waals surface area contributed by atoms with E-state index in [1.54, 1.807) is 0 Å². The Balaban J connectivity index is 1.81. The summed E-state index contributed by atoms with van der Waals surface area (Å²) in [5.74, 6) is 0.331. The van der Waals surface area contributed by atoms with Gasteiger partial charge in [0.15, 0.2) is 0 Å². The predicted molar refractivity (Wildman–Crippen MR) is 74.5 cm³/mol. The van der Waals surface area contributed by atoms with E-state index in [4.69, 9.17) is 0 Å². The monoisotopic (exact) mass is 245 g/mol. The lowest BCUT2D eigenvalue weighted by Crippen LogP contribution is -2.31. The average molecular weight is 245 g/mol. The van der Waals surface area contributed by atoms with Crippen molar-refractivity contribution >= 4 is 5.91 Å². The quantitative estimate of drug-likeness (QED) is 0.800. The number of benzene rings is 1. The minimum Gasteiger partial charge on any atom is -0.343 e. The molecule has 1 aliphatic heterocycles. The van der Waals surface area contributed by atoms with E-state index >= 15 is 0 Å². The summed E-state index contributed by atoms with van der Waals surface area (Å²) in [5, 5.41) is 0. The summed E-state index contributed by atoms with van der Waals surface area (Å²) in [6.07, 6.45) is 6.44. The first kappa shape index (κ1) is 13.1. The molecule has 0 radical (unpaired) electrons. The highest BCUT2D eigenvalue weighted by molar-refractivity contribution is 5.76. The number of nitrogens with zero attached hydrogens (tertiary/aromatic N) is 1. The highest BCUT2D eigenvalue weighted by Gasteiger charge is 2.14. The number of carbonyl (C=O) groups is 1. The van der Waals surface area contributed by atoms with Crippen LogP contribution in [0.5, 0.6) is 0 Å². The molecule has 18 heavy (non-hydrogen) atoms. The van der Waals surface area contributed by atoms with E-state index in [9.17, 15) is 4.79 Å². The molecule has 1 amide bonds. The van der Waals surface area contributed by atoms with Crippen LogP contribution in [0, 0.1) is 6.92 Å². The van der Waals surface area contributed by atoms with Gasteiger partial charge in [-0.3, -0.25) is 4.79 Å². The van der Waals surface area contributed by atoms with E-state index in [1.807, 2.05) is 0 Å². The Morgan fingerprint density at radius 2 is 1.67 bits per heavy atom. The summed E-state index contributed by atoms with van der Waals surface area (Å²) in [6.45, 7) is 4.02. The molecule has 1 aromatic carbocycles. The van der Waals surface area contributed by atoms with Gasteiger partial charge in [0.2, 0.25) is 5.91 Å². The van der Waals surface area contributed by atoms with Crippen LogP contribution in [0.2, 0.25) is 0 Å². The number of likely N-dealkylation sites (tertiary alicyclic amines) is 1. The maximum atomic E-state index is 12.1. The van der Waals surface area contributed by atoms with E-state index in [0.29, 0.717) is 12.3 Å².